The lowest BCUT2D eigenvalue weighted by Crippen LogP contribution is -2.23. The lowest BCUT2D eigenvalue weighted by atomic mass is 9.75. The number of hydrogen-bond acceptors (Lipinski definition) is 4. The summed E-state index contributed by atoms with van der Waals surface area (Å²) in [5.41, 5.74) is 0. The van der Waals surface area contributed by atoms with Gasteiger partial charge in [0.25, 0.3) is 5.16 Å². The number of nitrogens with zero attached hydrogens (tertiary/aromatic N) is 3. The molecular weight excluding hydrogens is 245 g/mol. The van der Waals surface area contributed by atoms with E-state index >= 15 is 0 Å². The summed E-state index contributed by atoms with van der Waals surface area (Å²) in [4.78, 5) is 0. The highest BCUT2D eigenvalue weighted by Crippen LogP contribution is 2.45. The fourth-order valence-corrected chi connectivity index (χ4v) is 3.14. The van der Waals surface area contributed by atoms with E-state index in [1.54, 1.807) is 0 Å². The molecule has 0 radical (unpaired) electrons. The molecule has 0 amide bonds. The highest BCUT2D eigenvalue weighted by Gasteiger charge is 2.39. The van der Waals surface area contributed by atoms with Crippen LogP contribution in [0.2, 0.25) is 0 Å². The van der Waals surface area contributed by atoms with Gasteiger partial charge in [-0.05, 0) is 31.6 Å². The van der Waals surface area contributed by atoms with Gasteiger partial charge in [0.1, 0.15) is 5.82 Å². The molecule has 5 nitrogen and oxygen atoms in total. The van der Waals surface area contributed by atoms with Gasteiger partial charge in [0.05, 0.1) is 0 Å². The van der Waals surface area contributed by atoms with E-state index in [1.807, 2.05) is 0 Å². The van der Waals surface area contributed by atoms with Crippen molar-refractivity contribution in [3.63, 3.8) is 0 Å². The quantitative estimate of drug-likeness (QED) is 0.776. The Labute approximate surface area is 99.3 Å². The number of aromatic nitrogens is 3. The zero-order chi connectivity index (χ0) is 12.2. The summed E-state index contributed by atoms with van der Waals surface area (Å²) in [7, 11) is -4.76. The van der Waals surface area contributed by atoms with E-state index in [-0.39, 0.29) is 12.0 Å². The van der Waals surface area contributed by atoms with Gasteiger partial charge in [-0.25, -0.2) is 0 Å². The van der Waals surface area contributed by atoms with E-state index in [2.05, 4.69) is 17.1 Å². The standard InChI is InChI=1S/C10H14FN3O2S/c1-6-4-7(5-6)9-12-13-10(17(11,15)16)14(9)8-2-3-8/h6-8H,2-5H2,1H3. The van der Waals surface area contributed by atoms with Crippen LogP contribution in [0, 0.1) is 5.92 Å². The number of hydrogen-bond donors (Lipinski definition) is 0. The maximum Gasteiger partial charge on any atom is 0.368 e. The van der Waals surface area contributed by atoms with Crippen molar-refractivity contribution in [3.05, 3.63) is 5.82 Å². The molecule has 0 aromatic carbocycles. The van der Waals surface area contributed by atoms with Gasteiger partial charge >= 0.3 is 10.2 Å². The van der Waals surface area contributed by atoms with Crippen LogP contribution in [0.25, 0.3) is 0 Å². The van der Waals surface area contributed by atoms with E-state index in [0.29, 0.717) is 11.7 Å². The van der Waals surface area contributed by atoms with Crippen LogP contribution in [0.1, 0.15) is 50.4 Å². The first-order chi connectivity index (χ1) is 7.97. The predicted molar refractivity (Wildman–Crippen MR) is 57.7 cm³/mol. The third-order valence-corrected chi connectivity index (χ3v) is 4.27. The largest absolute Gasteiger partial charge is 0.368 e. The molecule has 3 rings (SSSR count). The van der Waals surface area contributed by atoms with E-state index in [4.69, 9.17) is 0 Å². The smallest absolute Gasteiger partial charge is 0.296 e. The van der Waals surface area contributed by atoms with Gasteiger partial charge < -0.3 is 0 Å². The number of halogens is 1. The fraction of sp³-hybridized carbons (Fsp3) is 0.800. The summed E-state index contributed by atoms with van der Waals surface area (Å²) in [6, 6.07) is 0.0800. The highest BCUT2D eigenvalue weighted by atomic mass is 32.3. The highest BCUT2D eigenvalue weighted by molar-refractivity contribution is 7.86. The second kappa shape index (κ2) is 3.51. The summed E-state index contributed by atoms with van der Waals surface area (Å²) in [6.07, 6.45) is 3.74. The normalized spacial score (nSPS) is 29.1. The van der Waals surface area contributed by atoms with Gasteiger partial charge in [-0.2, -0.15) is 8.42 Å². The summed E-state index contributed by atoms with van der Waals surface area (Å²) in [6.45, 7) is 2.14. The molecule has 2 aliphatic carbocycles. The minimum absolute atomic E-state index is 0.0800. The Bertz CT molecular complexity index is 544. The van der Waals surface area contributed by atoms with Crippen LogP contribution in [-0.4, -0.2) is 23.2 Å². The Balaban J connectivity index is 2.02. The molecule has 2 saturated carbocycles. The van der Waals surface area contributed by atoms with Crippen molar-refractivity contribution in [2.45, 2.75) is 49.7 Å². The van der Waals surface area contributed by atoms with Crippen LogP contribution in [0.15, 0.2) is 5.16 Å². The molecule has 1 aromatic rings. The Morgan fingerprint density at radius 3 is 2.41 bits per heavy atom. The molecule has 2 aliphatic rings. The van der Waals surface area contributed by atoms with E-state index in [0.717, 1.165) is 25.7 Å². The van der Waals surface area contributed by atoms with Crippen molar-refractivity contribution in [3.8, 4) is 0 Å². The Hall–Kier alpha value is -0.980. The van der Waals surface area contributed by atoms with Crippen LogP contribution in [-0.2, 0) is 10.2 Å². The molecular formula is C10H14FN3O2S. The zero-order valence-corrected chi connectivity index (χ0v) is 10.3. The predicted octanol–water partition coefficient (Wildman–Crippen LogP) is 1.78. The molecule has 94 valence electrons. The molecule has 0 aliphatic heterocycles. The molecule has 0 N–H and O–H groups in total. The Morgan fingerprint density at radius 1 is 1.29 bits per heavy atom. The first kappa shape index (κ1) is 11.1. The van der Waals surface area contributed by atoms with Gasteiger partial charge in [-0.1, -0.05) is 10.8 Å². The van der Waals surface area contributed by atoms with Crippen molar-refractivity contribution in [1.29, 1.82) is 0 Å². The zero-order valence-electron chi connectivity index (χ0n) is 9.50. The van der Waals surface area contributed by atoms with Gasteiger partial charge in [-0.3, -0.25) is 4.57 Å². The van der Waals surface area contributed by atoms with E-state index < -0.39 is 15.4 Å². The van der Waals surface area contributed by atoms with Crippen molar-refractivity contribution in [1.82, 2.24) is 14.8 Å². The second-order valence-electron chi connectivity index (χ2n) is 5.15. The monoisotopic (exact) mass is 259 g/mol. The molecule has 17 heavy (non-hydrogen) atoms. The second-order valence-corrected chi connectivity index (χ2v) is 6.39. The maximum atomic E-state index is 13.1. The summed E-state index contributed by atoms with van der Waals surface area (Å²) >= 11 is 0. The van der Waals surface area contributed by atoms with Gasteiger partial charge in [0.2, 0.25) is 0 Å². The molecule has 0 atom stereocenters. The van der Waals surface area contributed by atoms with Crippen molar-refractivity contribution in [2.24, 2.45) is 5.92 Å². The topological polar surface area (TPSA) is 64.8 Å². The Morgan fingerprint density at radius 2 is 1.94 bits per heavy atom. The molecule has 1 aromatic heterocycles. The first-order valence-corrected chi connectivity index (χ1v) is 7.24. The third kappa shape index (κ3) is 1.86. The van der Waals surface area contributed by atoms with E-state index in [9.17, 15) is 12.3 Å². The van der Waals surface area contributed by atoms with Gasteiger partial charge in [0.15, 0.2) is 0 Å². The third-order valence-electron chi connectivity index (χ3n) is 3.56. The van der Waals surface area contributed by atoms with E-state index in [1.165, 1.54) is 4.57 Å². The summed E-state index contributed by atoms with van der Waals surface area (Å²) < 4.78 is 36.6. The molecule has 0 bridgehead atoms. The lowest BCUT2D eigenvalue weighted by molar-refractivity contribution is 0.269. The van der Waals surface area contributed by atoms with Gasteiger partial charge in [0, 0.05) is 12.0 Å². The van der Waals surface area contributed by atoms with Crippen LogP contribution in [0.3, 0.4) is 0 Å². The van der Waals surface area contributed by atoms with Crippen molar-refractivity contribution in [2.75, 3.05) is 0 Å². The fourth-order valence-electron chi connectivity index (χ4n) is 2.52. The summed E-state index contributed by atoms with van der Waals surface area (Å²) in [5, 5.41) is 6.92. The molecule has 0 spiro atoms. The van der Waals surface area contributed by atoms with Crippen LogP contribution >= 0.6 is 0 Å². The van der Waals surface area contributed by atoms with Crippen molar-refractivity contribution >= 4 is 10.2 Å². The van der Waals surface area contributed by atoms with Crippen LogP contribution < -0.4 is 0 Å². The molecule has 0 saturated heterocycles. The lowest BCUT2D eigenvalue weighted by Gasteiger charge is -2.32. The average molecular weight is 259 g/mol. The average Bonchev–Trinajstić information content (AvgIpc) is 2.91. The summed E-state index contributed by atoms with van der Waals surface area (Å²) in [5.74, 6) is 1.53. The minimum Gasteiger partial charge on any atom is -0.296 e. The maximum absolute atomic E-state index is 13.1. The molecule has 2 fully saturated rings. The molecule has 7 heteroatoms. The minimum atomic E-state index is -4.76. The molecule has 0 unspecified atom stereocenters. The first-order valence-electron chi connectivity index (χ1n) is 5.86. The number of rotatable bonds is 3. The van der Waals surface area contributed by atoms with Crippen LogP contribution in [0.4, 0.5) is 3.89 Å². The SMILES string of the molecule is CC1CC(c2nnc(S(=O)(=O)F)n2C2CC2)C1. The Kier molecular flexibility index (Phi) is 2.30. The van der Waals surface area contributed by atoms with Crippen LogP contribution in [0.5, 0.6) is 0 Å². The van der Waals surface area contributed by atoms with Gasteiger partial charge in [-0.15, -0.1) is 10.2 Å². The van der Waals surface area contributed by atoms with Crippen molar-refractivity contribution < 1.29 is 12.3 Å². The molecule has 1 heterocycles.